The normalized spacial score (nSPS) is 13.5. The number of hydrogen-bond acceptors (Lipinski definition) is 7. The Hall–Kier alpha value is -3.01. The lowest BCUT2D eigenvalue weighted by Gasteiger charge is -2.18. The lowest BCUT2D eigenvalue weighted by atomic mass is 10.2. The van der Waals surface area contributed by atoms with Crippen molar-refractivity contribution in [2.75, 3.05) is 11.9 Å². The summed E-state index contributed by atoms with van der Waals surface area (Å²) in [6.07, 6.45) is 2.42. The fourth-order valence-corrected chi connectivity index (χ4v) is 2.89. The Labute approximate surface area is 130 Å². The van der Waals surface area contributed by atoms with Crippen LogP contribution in [0.5, 0.6) is 5.75 Å². The Balaban J connectivity index is 1.87. The number of carbonyl (C=O) groups excluding carboxylic acids is 2. The third-order valence-electron chi connectivity index (χ3n) is 2.97. The number of aromatic nitrogens is 2. The third-order valence-corrected chi connectivity index (χ3v) is 4.30. The van der Waals surface area contributed by atoms with Gasteiger partial charge in [0.05, 0.1) is 28.5 Å². The van der Waals surface area contributed by atoms with E-state index < -0.39 is 15.9 Å². The van der Waals surface area contributed by atoms with Crippen LogP contribution in [0.1, 0.15) is 10.4 Å². The molecule has 2 heterocycles. The molecule has 0 radical (unpaired) electrons. The largest absolute Gasteiger partial charge is 0.482 e. The number of sulfonamides is 1. The number of ether oxygens (including phenoxy) is 1. The molecule has 1 aromatic carbocycles. The number of rotatable bonds is 3. The van der Waals surface area contributed by atoms with Crippen LogP contribution in [-0.4, -0.2) is 37.0 Å². The van der Waals surface area contributed by atoms with E-state index in [4.69, 9.17) is 4.74 Å². The number of nitrogens with zero attached hydrogens (tertiary/aromatic N) is 2. The molecule has 2 amide bonds. The minimum absolute atomic E-state index is 0.0539. The van der Waals surface area contributed by atoms with Gasteiger partial charge in [-0.3, -0.25) is 9.59 Å². The first-order valence-electron chi connectivity index (χ1n) is 6.36. The zero-order valence-corrected chi connectivity index (χ0v) is 12.3. The second kappa shape index (κ2) is 5.65. The van der Waals surface area contributed by atoms with Crippen molar-refractivity contribution in [3.05, 3.63) is 42.2 Å². The van der Waals surface area contributed by atoms with Crippen LogP contribution in [0, 0.1) is 0 Å². The van der Waals surface area contributed by atoms with E-state index in [1.165, 1.54) is 30.5 Å². The summed E-state index contributed by atoms with van der Waals surface area (Å²) < 4.78 is 31.6. The molecule has 0 aliphatic carbocycles. The van der Waals surface area contributed by atoms with Gasteiger partial charge in [-0.2, -0.15) is 10.2 Å². The monoisotopic (exact) mass is 334 g/mol. The van der Waals surface area contributed by atoms with Gasteiger partial charge in [0, 0.05) is 0 Å². The van der Waals surface area contributed by atoms with Crippen LogP contribution in [-0.2, 0) is 14.8 Å². The predicted octanol–water partition coefficient (Wildman–Crippen LogP) is -0.0738. The van der Waals surface area contributed by atoms with Crippen molar-refractivity contribution in [3.63, 3.8) is 0 Å². The van der Waals surface area contributed by atoms with Gasteiger partial charge in [0.1, 0.15) is 5.75 Å². The molecule has 0 spiro atoms. The second-order valence-corrected chi connectivity index (χ2v) is 6.24. The highest BCUT2D eigenvalue weighted by atomic mass is 32.2. The van der Waals surface area contributed by atoms with Crippen LogP contribution < -0.4 is 14.8 Å². The molecule has 3 rings (SSSR count). The second-order valence-electron chi connectivity index (χ2n) is 4.56. The summed E-state index contributed by atoms with van der Waals surface area (Å²) in [7, 11) is -4.11. The van der Waals surface area contributed by atoms with Crippen LogP contribution >= 0.6 is 0 Å². The van der Waals surface area contributed by atoms with Gasteiger partial charge in [-0.25, -0.2) is 13.1 Å². The topological polar surface area (TPSA) is 127 Å². The van der Waals surface area contributed by atoms with Crippen molar-refractivity contribution in [2.24, 2.45) is 0 Å². The lowest BCUT2D eigenvalue weighted by Crippen LogP contribution is -2.31. The van der Waals surface area contributed by atoms with Gasteiger partial charge in [0.25, 0.3) is 21.8 Å². The molecular formula is C13H10N4O5S. The van der Waals surface area contributed by atoms with E-state index in [1.54, 1.807) is 0 Å². The van der Waals surface area contributed by atoms with Crippen LogP contribution in [0.3, 0.4) is 0 Å². The van der Waals surface area contributed by atoms with E-state index in [0.717, 1.165) is 6.20 Å². The van der Waals surface area contributed by atoms with Crippen LogP contribution in [0.4, 0.5) is 5.69 Å². The Morgan fingerprint density at radius 1 is 1.26 bits per heavy atom. The standard InChI is InChI=1S/C13H10N4O5S/c18-12-7-22-11-2-1-9(5-10(11)16-12)23(20,21)17-13(19)8-3-4-14-15-6-8/h1-6H,7H2,(H,16,18)(H,17,19). The van der Waals surface area contributed by atoms with E-state index in [1.807, 2.05) is 4.72 Å². The zero-order valence-electron chi connectivity index (χ0n) is 11.5. The fraction of sp³-hybridized carbons (Fsp3) is 0.0769. The summed E-state index contributed by atoms with van der Waals surface area (Å²) in [5.74, 6) is -0.870. The van der Waals surface area contributed by atoms with Crippen LogP contribution in [0.15, 0.2) is 41.6 Å². The molecule has 1 aliphatic rings. The predicted molar refractivity (Wildman–Crippen MR) is 77.3 cm³/mol. The van der Waals surface area contributed by atoms with Gasteiger partial charge < -0.3 is 10.1 Å². The highest BCUT2D eigenvalue weighted by molar-refractivity contribution is 7.90. The lowest BCUT2D eigenvalue weighted by molar-refractivity contribution is -0.118. The molecule has 2 N–H and O–H groups in total. The average molecular weight is 334 g/mol. The summed E-state index contributed by atoms with van der Waals surface area (Å²) >= 11 is 0. The van der Waals surface area contributed by atoms with Crippen molar-refractivity contribution in [3.8, 4) is 5.75 Å². The minimum Gasteiger partial charge on any atom is -0.482 e. The summed E-state index contributed by atoms with van der Waals surface area (Å²) in [6.45, 7) is -0.134. The number of benzene rings is 1. The highest BCUT2D eigenvalue weighted by Crippen LogP contribution is 2.29. The summed E-state index contributed by atoms with van der Waals surface area (Å²) in [6, 6.07) is 5.23. The maximum atomic E-state index is 12.3. The van der Waals surface area contributed by atoms with Gasteiger partial charge in [0.2, 0.25) is 0 Å². The molecule has 118 valence electrons. The first-order valence-corrected chi connectivity index (χ1v) is 7.84. The highest BCUT2D eigenvalue weighted by Gasteiger charge is 2.23. The van der Waals surface area contributed by atoms with E-state index >= 15 is 0 Å². The molecule has 0 saturated carbocycles. The van der Waals surface area contributed by atoms with Gasteiger partial charge in [-0.1, -0.05) is 0 Å². The van der Waals surface area contributed by atoms with E-state index in [-0.39, 0.29) is 28.7 Å². The smallest absolute Gasteiger partial charge is 0.266 e. The zero-order chi connectivity index (χ0) is 16.4. The Morgan fingerprint density at radius 3 is 2.83 bits per heavy atom. The summed E-state index contributed by atoms with van der Waals surface area (Å²) in [4.78, 5) is 23.0. The Morgan fingerprint density at radius 2 is 2.09 bits per heavy atom. The SMILES string of the molecule is O=C1COc2ccc(S(=O)(=O)NC(=O)c3ccnnc3)cc2N1. The molecule has 9 nitrogen and oxygen atoms in total. The Bertz CT molecular complexity index is 882. The van der Waals surface area contributed by atoms with Gasteiger partial charge in [0.15, 0.2) is 6.61 Å². The van der Waals surface area contributed by atoms with Gasteiger partial charge >= 0.3 is 0 Å². The molecule has 1 aromatic heterocycles. The molecule has 0 atom stereocenters. The summed E-state index contributed by atoms with van der Waals surface area (Å²) in [5.41, 5.74) is 0.278. The van der Waals surface area contributed by atoms with E-state index in [9.17, 15) is 18.0 Å². The molecule has 0 unspecified atom stereocenters. The molecule has 0 saturated heterocycles. The molecule has 0 bridgehead atoms. The molecule has 23 heavy (non-hydrogen) atoms. The first kappa shape index (κ1) is 14.9. The van der Waals surface area contributed by atoms with Crippen molar-refractivity contribution in [1.29, 1.82) is 0 Å². The number of amides is 2. The Kier molecular flexibility index (Phi) is 3.66. The fourth-order valence-electron chi connectivity index (χ4n) is 1.89. The molecule has 2 aromatic rings. The van der Waals surface area contributed by atoms with Gasteiger partial charge in [-0.05, 0) is 24.3 Å². The number of fused-ring (bicyclic) bond motifs is 1. The number of hydrogen-bond donors (Lipinski definition) is 2. The number of carbonyl (C=O) groups is 2. The van der Waals surface area contributed by atoms with E-state index in [0.29, 0.717) is 5.75 Å². The number of nitrogens with one attached hydrogen (secondary N) is 2. The first-order chi connectivity index (χ1) is 11.0. The van der Waals surface area contributed by atoms with Crippen molar-refractivity contribution >= 4 is 27.5 Å². The molecular weight excluding hydrogens is 324 g/mol. The minimum atomic E-state index is -4.11. The van der Waals surface area contributed by atoms with Crippen LogP contribution in [0.2, 0.25) is 0 Å². The summed E-state index contributed by atoms with van der Waals surface area (Å²) in [5, 5.41) is 9.51. The van der Waals surface area contributed by atoms with E-state index in [2.05, 4.69) is 15.5 Å². The van der Waals surface area contributed by atoms with Crippen LogP contribution in [0.25, 0.3) is 0 Å². The molecule has 0 fully saturated rings. The third kappa shape index (κ3) is 3.11. The quantitative estimate of drug-likeness (QED) is 0.804. The average Bonchev–Trinajstić information content (AvgIpc) is 2.54. The molecule has 1 aliphatic heterocycles. The maximum absolute atomic E-state index is 12.3. The molecule has 10 heteroatoms. The van der Waals surface area contributed by atoms with Gasteiger partial charge in [-0.15, -0.1) is 0 Å². The van der Waals surface area contributed by atoms with Crippen molar-refractivity contribution in [2.45, 2.75) is 4.90 Å². The van der Waals surface area contributed by atoms with Crippen molar-refractivity contribution < 1.29 is 22.7 Å². The number of anilines is 1. The maximum Gasteiger partial charge on any atom is 0.266 e. The van der Waals surface area contributed by atoms with Crippen molar-refractivity contribution in [1.82, 2.24) is 14.9 Å².